The Morgan fingerprint density at radius 3 is 2.85 bits per heavy atom. The molecule has 0 unspecified atom stereocenters. The third kappa shape index (κ3) is 3.39. The van der Waals surface area contributed by atoms with Crippen LogP contribution < -0.4 is 14.8 Å². The largest absolute Gasteiger partial charge is 0.496 e. The van der Waals surface area contributed by atoms with Gasteiger partial charge in [-0.25, -0.2) is 0 Å². The second kappa shape index (κ2) is 7.24. The molecule has 1 heterocycles. The lowest BCUT2D eigenvalue weighted by molar-refractivity contribution is 0.0235. The lowest BCUT2D eigenvalue weighted by Gasteiger charge is -2.38. The zero-order chi connectivity index (χ0) is 19.0. The Bertz CT molecular complexity index is 857. The molecule has 1 amide bonds. The molecule has 0 spiro atoms. The van der Waals surface area contributed by atoms with Gasteiger partial charge in [-0.05, 0) is 61.1 Å². The Morgan fingerprint density at radius 2 is 2.11 bits per heavy atom. The van der Waals surface area contributed by atoms with Crippen LogP contribution in [0.5, 0.6) is 11.5 Å². The molecule has 2 aliphatic rings. The third-order valence-corrected chi connectivity index (χ3v) is 5.73. The maximum atomic E-state index is 13.0. The maximum Gasteiger partial charge on any atom is 0.252 e. The van der Waals surface area contributed by atoms with Crippen molar-refractivity contribution in [3.8, 4) is 11.5 Å². The van der Waals surface area contributed by atoms with E-state index >= 15 is 0 Å². The summed E-state index contributed by atoms with van der Waals surface area (Å²) in [6.45, 7) is 2.60. The van der Waals surface area contributed by atoms with Crippen molar-refractivity contribution < 1.29 is 19.4 Å². The molecule has 1 atom stereocenters. The van der Waals surface area contributed by atoms with Gasteiger partial charge in [0, 0.05) is 17.5 Å². The molecule has 0 bridgehead atoms. The molecule has 2 N–H and O–H groups in total. The molecule has 2 aromatic carbocycles. The van der Waals surface area contributed by atoms with E-state index in [1.807, 2.05) is 37.3 Å². The average molecular weight is 367 g/mol. The Morgan fingerprint density at radius 1 is 1.30 bits per heavy atom. The Labute approximate surface area is 159 Å². The first-order chi connectivity index (χ1) is 13.1. The summed E-state index contributed by atoms with van der Waals surface area (Å²) in [6.07, 6.45) is 2.03. The fraction of sp³-hybridized carbons (Fsp3) is 0.409. The molecule has 1 aliphatic heterocycles. The summed E-state index contributed by atoms with van der Waals surface area (Å²) in [5.74, 6) is 1.75. The standard InChI is InChI=1S/C22H25NO4/c1-13-18(4-3-5-19(13)26-2)22(25)23-21(16-11-17(24)12-16)15-6-7-20-14(10-15)8-9-27-20/h3-7,10,16-17,21,24H,8-9,11-12H2,1-2H3,(H,23,25)/t16?,17?,21-/m1/s1. The van der Waals surface area contributed by atoms with E-state index in [1.165, 1.54) is 5.56 Å². The number of aliphatic hydroxyl groups is 1. The zero-order valence-electron chi connectivity index (χ0n) is 15.7. The number of rotatable bonds is 5. The SMILES string of the molecule is COc1cccc(C(=O)N[C@H](c2ccc3c(c2)CCO3)C2CC(O)C2)c1C. The minimum absolute atomic E-state index is 0.116. The zero-order valence-corrected chi connectivity index (χ0v) is 15.7. The number of benzene rings is 2. The van der Waals surface area contributed by atoms with Crippen LogP contribution in [0.15, 0.2) is 36.4 Å². The fourth-order valence-electron chi connectivity index (χ4n) is 4.08. The van der Waals surface area contributed by atoms with Gasteiger partial charge in [-0.2, -0.15) is 0 Å². The van der Waals surface area contributed by atoms with Crippen LogP contribution in [-0.4, -0.2) is 30.8 Å². The number of hydrogen-bond acceptors (Lipinski definition) is 4. The van der Waals surface area contributed by atoms with Gasteiger partial charge in [0.15, 0.2) is 0 Å². The second-order valence-corrected chi connectivity index (χ2v) is 7.43. The summed E-state index contributed by atoms with van der Waals surface area (Å²) >= 11 is 0. The Kier molecular flexibility index (Phi) is 4.79. The molecular weight excluding hydrogens is 342 g/mol. The van der Waals surface area contributed by atoms with Crippen LogP contribution in [0.4, 0.5) is 0 Å². The predicted molar refractivity (Wildman–Crippen MR) is 102 cm³/mol. The monoisotopic (exact) mass is 367 g/mol. The van der Waals surface area contributed by atoms with Gasteiger partial charge in [0.1, 0.15) is 11.5 Å². The number of ether oxygens (including phenoxy) is 2. The van der Waals surface area contributed by atoms with E-state index in [4.69, 9.17) is 9.47 Å². The van der Waals surface area contributed by atoms with E-state index in [-0.39, 0.29) is 24.0 Å². The van der Waals surface area contributed by atoms with Crippen molar-refractivity contribution in [3.63, 3.8) is 0 Å². The molecule has 0 radical (unpaired) electrons. The van der Waals surface area contributed by atoms with Crippen molar-refractivity contribution in [2.24, 2.45) is 5.92 Å². The molecule has 0 saturated heterocycles. The van der Waals surface area contributed by atoms with Gasteiger partial charge in [-0.3, -0.25) is 4.79 Å². The molecule has 1 fully saturated rings. The van der Waals surface area contributed by atoms with Gasteiger partial charge in [0.25, 0.3) is 5.91 Å². The van der Waals surface area contributed by atoms with E-state index in [0.29, 0.717) is 30.8 Å². The van der Waals surface area contributed by atoms with Gasteiger partial charge in [-0.1, -0.05) is 12.1 Å². The number of amides is 1. The first kappa shape index (κ1) is 17.9. The number of nitrogens with one attached hydrogen (secondary N) is 1. The molecule has 0 aromatic heterocycles. The molecule has 4 rings (SSSR count). The van der Waals surface area contributed by atoms with E-state index in [2.05, 4.69) is 11.4 Å². The molecule has 5 nitrogen and oxygen atoms in total. The number of hydrogen-bond donors (Lipinski definition) is 2. The first-order valence-electron chi connectivity index (χ1n) is 9.45. The predicted octanol–water partition coefficient (Wildman–Crippen LogP) is 3.18. The number of carbonyl (C=O) groups excluding carboxylic acids is 1. The Hall–Kier alpha value is -2.53. The topological polar surface area (TPSA) is 67.8 Å². The second-order valence-electron chi connectivity index (χ2n) is 7.43. The highest BCUT2D eigenvalue weighted by Crippen LogP contribution is 2.40. The van der Waals surface area contributed by atoms with Crippen LogP contribution in [0.2, 0.25) is 0 Å². The molecule has 1 saturated carbocycles. The first-order valence-corrected chi connectivity index (χ1v) is 9.45. The summed E-state index contributed by atoms with van der Waals surface area (Å²) in [5, 5.41) is 13.0. The minimum Gasteiger partial charge on any atom is -0.496 e. The summed E-state index contributed by atoms with van der Waals surface area (Å²) in [7, 11) is 1.61. The van der Waals surface area contributed by atoms with E-state index in [1.54, 1.807) is 7.11 Å². The fourth-order valence-corrected chi connectivity index (χ4v) is 4.08. The van der Waals surface area contributed by atoms with Crippen LogP contribution in [-0.2, 0) is 6.42 Å². The molecule has 5 heteroatoms. The van der Waals surface area contributed by atoms with Crippen LogP contribution in [0, 0.1) is 12.8 Å². The van der Waals surface area contributed by atoms with E-state index < -0.39 is 0 Å². The lowest BCUT2D eigenvalue weighted by atomic mass is 9.74. The number of carbonyl (C=O) groups is 1. The Balaban J connectivity index is 1.61. The maximum absolute atomic E-state index is 13.0. The average Bonchev–Trinajstić information content (AvgIpc) is 3.11. The quantitative estimate of drug-likeness (QED) is 0.852. The van der Waals surface area contributed by atoms with Crippen molar-refractivity contribution >= 4 is 5.91 Å². The van der Waals surface area contributed by atoms with Crippen molar-refractivity contribution in [1.82, 2.24) is 5.32 Å². The van der Waals surface area contributed by atoms with Crippen molar-refractivity contribution in [3.05, 3.63) is 58.7 Å². The van der Waals surface area contributed by atoms with Crippen molar-refractivity contribution in [2.45, 2.75) is 38.3 Å². The van der Waals surface area contributed by atoms with Crippen LogP contribution in [0.25, 0.3) is 0 Å². The lowest BCUT2D eigenvalue weighted by Crippen LogP contribution is -2.41. The van der Waals surface area contributed by atoms with E-state index in [0.717, 1.165) is 23.3 Å². The smallest absolute Gasteiger partial charge is 0.252 e. The molecule has 1 aliphatic carbocycles. The normalized spacial score (nSPS) is 21.6. The number of methoxy groups -OCH3 is 1. The molecule has 27 heavy (non-hydrogen) atoms. The van der Waals surface area contributed by atoms with Gasteiger partial charge in [0.05, 0.1) is 25.9 Å². The van der Waals surface area contributed by atoms with Crippen LogP contribution in [0.1, 0.15) is 45.9 Å². The van der Waals surface area contributed by atoms with Gasteiger partial charge >= 0.3 is 0 Å². The highest BCUT2D eigenvalue weighted by Gasteiger charge is 2.36. The van der Waals surface area contributed by atoms with Crippen molar-refractivity contribution in [1.29, 1.82) is 0 Å². The van der Waals surface area contributed by atoms with Crippen molar-refractivity contribution in [2.75, 3.05) is 13.7 Å². The van der Waals surface area contributed by atoms with Crippen LogP contribution >= 0.6 is 0 Å². The van der Waals surface area contributed by atoms with Gasteiger partial charge in [-0.15, -0.1) is 0 Å². The van der Waals surface area contributed by atoms with Gasteiger partial charge < -0.3 is 19.9 Å². The summed E-state index contributed by atoms with van der Waals surface area (Å²) in [5.41, 5.74) is 3.70. The van der Waals surface area contributed by atoms with Gasteiger partial charge in [0.2, 0.25) is 0 Å². The highest BCUT2D eigenvalue weighted by atomic mass is 16.5. The highest BCUT2D eigenvalue weighted by molar-refractivity contribution is 5.96. The summed E-state index contributed by atoms with van der Waals surface area (Å²) in [6, 6.07) is 11.5. The summed E-state index contributed by atoms with van der Waals surface area (Å²) in [4.78, 5) is 13.0. The number of aliphatic hydroxyl groups excluding tert-OH is 1. The number of fused-ring (bicyclic) bond motifs is 1. The van der Waals surface area contributed by atoms with E-state index in [9.17, 15) is 9.90 Å². The molecule has 2 aromatic rings. The molecule has 142 valence electrons. The molecular formula is C22H25NO4. The third-order valence-electron chi connectivity index (χ3n) is 5.73. The van der Waals surface area contributed by atoms with Crippen LogP contribution in [0.3, 0.4) is 0 Å². The summed E-state index contributed by atoms with van der Waals surface area (Å²) < 4.78 is 10.9. The minimum atomic E-state index is -0.272.